The van der Waals surface area contributed by atoms with Gasteiger partial charge in [-0.2, -0.15) is 0 Å². The van der Waals surface area contributed by atoms with Crippen LogP contribution in [0.15, 0.2) is 30.6 Å². The Morgan fingerprint density at radius 2 is 1.67 bits per heavy atom. The number of aromatic carboxylic acids is 2. The number of carboxylic acid groups (broad SMARTS) is 2. The monoisotopic (exact) mass is 326 g/mol. The summed E-state index contributed by atoms with van der Waals surface area (Å²) in [6.45, 7) is 0. The number of pyridine rings is 2. The second-order valence-electron chi connectivity index (χ2n) is 6.00. The van der Waals surface area contributed by atoms with E-state index in [0.29, 0.717) is 17.0 Å². The molecule has 1 aliphatic carbocycles. The van der Waals surface area contributed by atoms with Crippen LogP contribution in [0, 0.1) is 0 Å². The van der Waals surface area contributed by atoms with Crippen molar-refractivity contribution in [3.8, 4) is 11.4 Å². The van der Waals surface area contributed by atoms with Gasteiger partial charge in [0.05, 0.1) is 22.5 Å². The second kappa shape index (κ2) is 6.78. The lowest BCUT2D eigenvalue weighted by molar-refractivity contribution is 0.0684. The van der Waals surface area contributed by atoms with E-state index in [-0.39, 0.29) is 17.0 Å². The molecule has 2 heterocycles. The molecule has 0 radical (unpaired) electrons. The minimum absolute atomic E-state index is 0.108. The molecular weight excluding hydrogens is 308 g/mol. The lowest BCUT2D eigenvalue weighted by Gasteiger charge is -2.25. The predicted octanol–water partition coefficient (Wildman–Crippen LogP) is 3.59. The van der Waals surface area contributed by atoms with Crippen LogP contribution >= 0.6 is 0 Å². The first kappa shape index (κ1) is 16.1. The molecule has 0 aromatic carbocycles. The van der Waals surface area contributed by atoms with E-state index in [2.05, 4.69) is 9.97 Å². The number of hydrogen-bond donors (Lipinski definition) is 2. The molecule has 0 amide bonds. The van der Waals surface area contributed by atoms with Gasteiger partial charge in [0.15, 0.2) is 0 Å². The van der Waals surface area contributed by atoms with Crippen molar-refractivity contribution in [2.45, 2.75) is 38.0 Å². The Bertz CT molecular complexity index is 782. The maximum Gasteiger partial charge on any atom is 0.336 e. The lowest BCUT2D eigenvalue weighted by Crippen LogP contribution is -2.13. The fourth-order valence-corrected chi connectivity index (χ4v) is 3.36. The largest absolute Gasteiger partial charge is 0.478 e. The summed E-state index contributed by atoms with van der Waals surface area (Å²) in [6.07, 6.45) is 7.95. The van der Waals surface area contributed by atoms with Crippen molar-refractivity contribution in [2.75, 3.05) is 0 Å². The topological polar surface area (TPSA) is 100 Å². The molecule has 24 heavy (non-hydrogen) atoms. The molecule has 0 saturated heterocycles. The molecule has 0 bridgehead atoms. The molecule has 0 spiro atoms. The van der Waals surface area contributed by atoms with Crippen LogP contribution in [0.2, 0.25) is 0 Å². The van der Waals surface area contributed by atoms with Crippen LogP contribution in [0.5, 0.6) is 0 Å². The molecule has 0 aliphatic heterocycles. The van der Waals surface area contributed by atoms with Crippen molar-refractivity contribution < 1.29 is 19.8 Å². The van der Waals surface area contributed by atoms with E-state index in [1.54, 1.807) is 0 Å². The zero-order valence-corrected chi connectivity index (χ0v) is 13.1. The van der Waals surface area contributed by atoms with Crippen LogP contribution in [0.1, 0.15) is 64.3 Å². The predicted molar refractivity (Wildman–Crippen MR) is 87.2 cm³/mol. The third-order valence-corrected chi connectivity index (χ3v) is 4.48. The van der Waals surface area contributed by atoms with Gasteiger partial charge >= 0.3 is 11.9 Å². The molecule has 0 atom stereocenters. The van der Waals surface area contributed by atoms with E-state index in [1.165, 1.54) is 30.6 Å². The van der Waals surface area contributed by atoms with Gasteiger partial charge < -0.3 is 10.2 Å². The number of aromatic nitrogens is 2. The van der Waals surface area contributed by atoms with Crippen LogP contribution in [-0.2, 0) is 0 Å². The van der Waals surface area contributed by atoms with Crippen LogP contribution in [-0.4, -0.2) is 32.1 Å². The summed E-state index contributed by atoms with van der Waals surface area (Å²) < 4.78 is 0. The molecule has 124 valence electrons. The minimum Gasteiger partial charge on any atom is -0.478 e. The Balaban J connectivity index is 2.16. The van der Waals surface area contributed by atoms with Gasteiger partial charge in [-0.15, -0.1) is 0 Å². The highest BCUT2D eigenvalue weighted by Crippen LogP contribution is 2.38. The Labute approximate surface area is 139 Å². The summed E-state index contributed by atoms with van der Waals surface area (Å²) in [5.41, 5.74) is 1.90. The molecule has 1 fully saturated rings. The Hall–Kier alpha value is -2.76. The van der Waals surface area contributed by atoms with E-state index in [9.17, 15) is 19.8 Å². The molecule has 3 rings (SSSR count). The van der Waals surface area contributed by atoms with Crippen molar-refractivity contribution in [2.24, 2.45) is 0 Å². The third-order valence-electron chi connectivity index (χ3n) is 4.48. The van der Waals surface area contributed by atoms with Crippen LogP contribution in [0.4, 0.5) is 0 Å². The standard InChI is InChI=1S/C18H18N2O4/c21-17(22)12-6-8-19-14(10-12)16-15(11-4-2-1-3-5-11)13(18(23)24)7-9-20-16/h6-11H,1-5H2,(H,21,22)(H,23,24). The van der Waals surface area contributed by atoms with Gasteiger partial charge in [-0.3, -0.25) is 9.97 Å². The first-order valence-electron chi connectivity index (χ1n) is 8.00. The molecule has 1 saturated carbocycles. The van der Waals surface area contributed by atoms with E-state index in [4.69, 9.17) is 0 Å². The Morgan fingerprint density at radius 3 is 2.33 bits per heavy atom. The minimum atomic E-state index is -1.05. The third kappa shape index (κ3) is 3.13. The summed E-state index contributed by atoms with van der Waals surface area (Å²) in [7, 11) is 0. The first-order valence-corrected chi connectivity index (χ1v) is 8.00. The van der Waals surface area contributed by atoms with Crippen molar-refractivity contribution in [3.05, 3.63) is 47.3 Å². The molecule has 2 aromatic rings. The summed E-state index contributed by atoms with van der Waals surface area (Å²) in [5, 5.41) is 18.7. The summed E-state index contributed by atoms with van der Waals surface area (Å²) in [4.78, 5) is 31.5. The maximum atomic E-state index is 11.7. The van der Waals surface area contributed by atoms with Crippen LogP contribution in [0.3, 0.4) is 0 Å². The molecule has 1 aliphatic rings. The summed E-state index contributed by atoms with van der Waals surface area (Å²) in [5.74, 6) is -1.93. The van der Waals surface area contributed by atoms with E-state index < -0.39 is 11.9 Å². The van der Waals surface area contributed by atoms with Gasteiger partial charge in [-0.1, -0.05) is 19.3 Å². The van der Waals surface area contributed by atoms with Gasteiger partial charge in [0.1, 0.15) is 0 Å². The molecule has 6 nitrogen and oxygen atoms in total. The average molecular weight is 326 g/mol. The number of nitrogens with zero attached hydrogens (tertiary/aromatic N) is 2. The SMILES string of the molecule is O=C(O)c1ccnc(-c2nccc(C(=O)O)c2C2CCCCC2)c1. The average Bonchev–Trinajstić information content (AvgIpc) is 2.62. The van der Waals surface area contributed by atoms with Crippen molar-refractivity contribution in [1.29, 1.82) is 0 Å². The zero-order valence-electron chi connectivity index (χ0n) is 13.1. The van der Waals surface area contributed by atoms with Gasteiger partial charge in [0.25, 0.3) is 0 Å². The number of carbonyl (C=O) groups is 2. The summed E-state index contributed by atoms with van der Waals surface area (Å²) in [6, 6.07) is 4.37. The smallest absolute Gasteiger partial charge is 0.336 e. The van der Waals surface area contributed by atoms with Crippen molar-refractivity contribution in [3.63, 3.8) is 0 Å². The number of hydrogen-bond acceptors (Lipinski definition) is 4. The molecule has 2 aromatic heterocycles. The molecule has 2 N–H and O–H groups in total. The normalized spacial score (nSPS) is 15.2. The number of rotatable bonds is 4. The molecule has 6 heteroatoms. The lowest BCUT2D eigenvalue weighted by atomic mass is 9.80. The van der Waals surface area contributed by atoms with Gasteiger partial charge in [0.2, 0.25) is 0 Å². The first-order chi connectivity index (χ1) is 11.6. The highest BCUT2D eigenvalue weighted by Gasteiger charge is 2.26. The number of carboxylic acids is 2. The molecule has 0 unspecified atom stereocenters. The van der Waals surface area contributed by atoms with Crippen LogP contribution in [0.25, 0.3) is 11.4 Å². The second-order valence-corrected chi connectivity index (χ2v) is 6.00. The zero-order chi connectivity index (χ0) is 17.1. The fraction of sp³-hybridized carbons (Fsp3) is 0.333. The van der Waals surface area contributed by atoms with Gasteiger partial charge in [0, 0.05) is 12.4 Å². The van der Waals surface area contributed by atoms with Gasteiger partial charge in [-0.05, 0) is 42.5 Å². The Kier molecular flexibility index (Phi) is 4.55. The van der Waals surface area contributed by atoms with Crippen molar-refractivity contribution in [1.82, 2.24) is 9.97 Å². The fourth-order valence-electron chi connectivity index (χ4n) is 3.36. The van der Waals surface area contributed by atoms with Crippen molar-refractivity contribution >= 4 is 11.9 Å². The quantitative estimate of drug-likeness (QED) is 0.890. The summed E-state index contributed by atoms with van der Waals surface area (Å²) >= 11 is 0. The van der Waals surface area contributed by atoms with Gasteiger partial charge in [-0.25, -0.2) is 9.59 Å². The highest BCUT2D eigenvalue weighted by atomic mass is 16.4. The molecular formula is C18H18N2O4. The van der Waals surface area contributed by atoms with E-state index in [0.717, 1.165) is 32.1 Å². The van der Waals surface area contributed by atoms with E-state index in [1.807, 2.05) is 0 Å². The Morgan fingerprint density at radius 1 is 0.958 bits per heavy atom. The van der Waals surface area contributed by atoms with Crippen LogP contribution < -0.4 is 0 Å². The highest BCUT2D eigenvalue weighted by molar-refractivity contribution is 5.92. The van der Waals surface area contributed by atoms with E-state index >= 15 is 0 Å². The maximum absolute atomic E-state index is 11.7.